The molecule has 0 aliphatic carbocycles. The number of aromatic nitrogens is 2. The lowest BCUT2D eigenvalue weighted by Gasteiger charge is -2.04. The second kappa shape index (κ2) is 3.94. The van der Waals surface area contributed by atoms with Gasteiger partial charge >= 0.3 is 5.97 Å². The average Bonchev–Trinajstić information content (AvgIpc) is 2.26. The van der Waals surface area contributed by atoms with Crippen LogP contribution in [0.15, 0.2) is 18.2 Å². The number of hydrogen-bond acceptors (Lipinski definition) is 4. The molecule has 6 heteroatoms. The molecule has 0 fully saturated rings. The molecular formula is C10H7ClN2O3. The Labute approximate surface area is 95.7 Å². The molecule has 0 amide bonds. The van der Waals surface area contributed by atoms with Crippen molar-refractivity contribution in [2.45, 2.75) is 0 Å². The number of carbonyl (C=O) groups is 1. The first kappa shape index (κ1) is 10.6. The van der Waals surface area contributed by atoms with E-state index in [0.29, 0.717) is 16.1 Å². The van der Waals surface area contributed by atoms with Crippen LogP contribution in [0, 0.1) is 0 Å². The van der Waals surface area contributed by atoms with E-state index in [4.69, 9.17) is 21.4 Å². The minimum absolute atomic E-state index is 0.0257. The zero-order valence-corrected chi connectivity index (χ0v) is 9.02. The first-order valence-electron chi connectivity index (χ1n) is 4.36. The lowest BCUT2D eigenvalue weighted by atomic mass is 10.3. The minimum Gasteiger partial charge on any atom is -0.479 e. The van der Waals surface area contributed by atoms with Gasteiger partial charge in [0, 0.05) is 5.02 Å². The van der Waals surface area contributed by atoms with Crippen molar-refractivity contribution < 1.29 is 14.6 Å². The molecule has 1 aromatic carbocycles. The number of nitrogens with zero attached hydrogens (tertiary/aromatic N) is 2. The first-order chi connectivity index (χ1) is 7.61. The quantitative estimate of drug-likeness (QED) is 0.866. The summed E-state index contributed by atoms with van der Waals surface area (Å²) in [6.07, 6.45) is 0. The number of ether oxygens (including phenoxy) is 1. The number of methoxy groups -OCH3 is 1. The van der Waals surface area contributed by atoms with Crippen molar-refractivity contribution in [3.05, 3.63) is 28.9 Å². The predicted octanol–water partition coefficient (Wildman–Crippen LogP) is 1.99. The Bertz CT molecular complexity index is 571. The Morgan fingerprint density at radius 3 is 2.75 bits per heavy atom. The maximum absolute atomic E-state index is 10.9. The van der Waals surface area contributed by atoms with Crippen molar-refractivity contribution in [2.75, 3.05) is 7.11 Å². The molecule has 2 rings (SSSR count). The number of fused-ring (bicyclic) bond motifs is 1. The van der Waals surface area contributed by atoms with Crippen LogP contribution in [-0.4, -0.2) is 28.2 Å². The van der Waals surface area contributed by atoms with Crippen molar-refractivity contribution in [3.8, 4) is 5.88 Å². The number of halogens is 1. The van der Waals surface area contributed by atoms with Crippen molar-refractivity contribution in [2.24, 2.45) is 0 Å². The van der Waals surface area contributed by atoms with Crippen molar-refractivity contribution in [1.82, 2.24) is 9.97 Å². The molecule has 0 aliphatic rings. The highest BCUT2D eigenvalue weighted by Crippen LogP contribution is 2.21. The van der Waals surface area contributed by atoms with Gasteiger partial charge in [0.2, 0.25) is 11.6 Å². The van der Waals surface area contributed by atoms with Crippen LogP contribution in [0.4, 0.5) is 0 Å². The number of rotatable bonds is 2. The van der Waals surface area contributed by atoms with E-state index in [-0.39, 0.29) is 11.6 Å². The SMILES string of the molecule is COc1nc2cc(Cl)ccc2nc1C(=O)O. The zero-order chi connectivity index (χ0) is 11.7. The lowest BCUT2D eigenvalue weighted by molar-refractivity contribution is 0.0686. The predicted molar refractivity (Wildman–Crippen MR) is 58.1 cm³/mol. The molecule has 0 unspecified atom stereocenters. The fourth-order valence-electron chi connectivity index (χ4n) is 1.29. The molecule has 0 radical (unpaired) electrons. The van der Waals surface area contributed by atoms with Crippen LogP contribution < -0.4 is 4.74 Å². The Morgan fingerprint density at radius 2 is 2.12 bits per heavy atom. The summed E-state index contributed by atoms with van der Waals surface area (Å²) in [4.78, 5) is 18.8. The minimum atomic E-state index is -1.18. The standard InChI is InChI=1S/C10H7ClN2O3/c1-16-9-8(10(14)15)12-6-3-2-5(11)4-7(6)13-9/h2-4H,1H3,(H,14,15). The Kier molecular flexibility index (Phi) is 2.62. The van der Waals surface area contributed by atoms with Gasteiger partial charge in [-0.15, -0.1) is 0 Å². The van der Waals surface area contributed by atoms with Gasteiger partial charge < -0.3 is 9.84 Å². The molecule has 0 bridgehead atoms. The van der Waals surface area contributed by atoms with Crippen LogP contribution in [0.1, 0.15) is 10.5 Å². The summed E-state index contributed by atoms with van der Waals surface area (Å²) in [5.74, 6) is -1.21. The smallest absolute Gasteiger partial charge is 0.360 e. The lowest BCUT2D eigenvalue weighted by Crippen LogP contribution is -2.06. The van der Waals surface area contributed by atoms with E-state index < -0.39 is 5.97 Å². The molecule has 1 heterocycles. The normalized spacial score (nSPS) is 10.4. The summed E-state index contributed by atoms with van der Waals surface area (Å²) < 4.78 is 4.86. The molecule has 0 saturated heterocycles. The van der Waals surface area contributed by atoms with E-state index in [2.05, 4.69) is 9.97 Å². The maximum Gasteiger partial charge on any atom is 0.360 e. The van der Waals surface area contributed by atoms with Crippen LogP contribution in [0.25, 0.3) is 11.0 Å². The second-order valence-electron chi connectivity index (χ2n) is 3.02. The van der Waals surface area contributed by atoms with Crippen molar-refractivity contribution >= 4 is 28.6 Å². The first-order valence-corrected chi connectivity index (χ1v) is 4.74. The van der Waals surface area contributed by atoms with Crippen LogP contribution in [-0.2, 0) is 0 Å². The Hall–Kier alpha value is -1.88. The number of aromatic carboxylic acids is 1. The summed E-state index contributed by atoms with van der Waals surface area (Å²) in [6, 6.07) is 4.82. The molecule has 1 aromatic heterocycles. The fraction of sp³-hybridized carbons (Fsp3) is 0.100. The van der Waals surface area contributed by atoms with Gasteiger partial charge in [-0.2, -0.15) is 0 Å². The van der Waals surface area contributed by atoms with Crippen LogP contribution >= 0.6 is 11.6 Å². The topological polar surface area (TPSA) is 72.3 Å². The molecule has 82 valence electrons. The molecule has 0 spiro atoms. The van der Waals surface area contributed by atoms with Crippen LogP contribution in [0.3, 0.4) is 0 Å². The van der Waals surface area contributed by atoms with E-state index in [1.165, 1.54) is 7.11 Å². The van der Waals surface area contributed by atoms with Gasteiger partial charge in [-0.25, -0.2) is 14.8 Å². The van der Waals surface area contributed by atoms with Gasteiger partial charge in [0.1, 0.15) is 0 Å². The van der Waals surface area contributed by atoms with Gasteiger partial charge in [-0.1, -0.05) is 11.6 Å². The van der Waals surface area contributed by atoms with Gasteiger partial charge in [0.05, 0.1) is 18.1 Å². The fourth-order valence-corrected chi connectivity index (χ4v) is 1.46. The Balaban J connectivity index is 2.75. The monoisotopic (exact) mass is 238 g/mol. The maximum atomic E-state index is 10.9. The van der Waals surface area contributed by atoms with Crippen LogP contribution in [0.2, 0.25) is 5.02 Å². The number of hydrogen-bond donors (Lipinski definition) is 1. The summed E-state index contributed by atoms with van der Waals surface area (Å²) in [7, 11) is 1.34. The molecule has 0 aliphatic heterocycles. The summed E-state index contributed by atoms with van der Waals surface area (Å²) in [6.45, 7) is 0. The summed E-state index contributed by atoms with van der Waals surface area (Å²) >= 11 is 5.79. The highest BCUT2D eigenvalue weighted by molar-refractivity contribution is 6.31. The molecule has 1 N–H and O–H groups in total. The Morgan fingerprint density at radius 1 is 1.38 bits per heavy atom. The largest absolute Gasteiger partial charge is 0.479 e. The van der Waals surface area contributed by atoms with Gasteiger partial charge in [-0.3, -0.25) is 0 Å². The van der Waals surface area contributed by atoms with Gasteiger partial charge in [0.15, 0.2) is 0 Å². The summed E-state index contributed by atoms with van der Waals surface area (Å²) in [5, 5.41) is 9.41. The highest BCUT2D eigenvalue weighted by atomic mass is 35.5. The second-order valence-corrected chi connectivity index (χ2v) is 3.46. The molecule has 5 nitrogen and oxygen atoms in total. The van der Waals surface area contributed by atoms with Crippen molar-refractivity contribution in [3.63, 3.8) is 0 Å². The van der Waals surface area contributed by atoms with Crippen molar-refractivity contribution in [1.29, 1.82) is 0 Å². The molecular weight excluding hydrogens is 232 g/mol. The number of carboxylic acids is 1. The van der Waals surface area contributed by atoms with Crippen LogP contribution in [0.5, 0.6) is 5.88 Å². The van der Waals surface area contributed by atoms with E-state index in [1.54, 1.807) is 18.2 Å². The average molecular weight is 239 g/mol. The summed E-state index contributed by atoms with van der Waals surface area (Å²) in [5.41, 5.74) is 0.745. The van der Waals surface area contributed by atoms with Gasteiger partial charge in [0.25, 0.3) is 0 Å². The van der Waals surface area contributed by atoms with Gasteiger partial charge in [-0.05, 0) is 18.2 Å². The molecule has 16 heavy (non-hydrogen) atoms. The van der Waals surface area contributed by atoms with E-state index in [1.807, 2.05) is 0 Å². The van der Waals surface area contributed by atoms with E-state index >= 15 is 0 Å². The third-order valence-corrected chi connectivity index (χ3v) is 2.23. The van der Waals surface area contributed by atoms with E-state index in [0.717, 1.165) is 0 Å². The zero-order valence-electron chi connectivity index (χ0n) is 8.27. The third-order valence-electron chi connectivity index (χ3n) is 1.99. The molecule has 0 atom stereocenters. The number of carboxylic acid groups (broad SMARTS) is 1. The van der Waals surface area contributed by atoms with E-state index in [9.17, 15) is 4.79 Å². The third kappa shape index (κ3) is 1.77. The molecule has 0 saturated carbocycles. The highest BCUT2D eigenvalue weighted by Gasteiger charge is 2.15. The molecule has 2 aromatic rings. The number of benzene rings is 1.